The predicted molar refractivity (Wildman–Crippen MR) is 78.0 cm³/mol. The number of nitrogens with zero attached hydrogens (tertiary/aromatic N) is 2. The molecule has 0 saturated heterocycles. The fraction of sp³-hybridized carbons (Fsp3) is 0.769. The van der Waals surface area contributed by atoms with Crippen LogP contribution in [0, 0.1) is 11.3 Å². The van der Waals surface area contributed by atoms with Crippen LogP contribution >= 0.6 is 27.5 Å². The number of rotatable bonds is 4. The molecule has 1 atom stereocenters. The van der Waals surface area contributed by atoms with Crippen LogP contribution < -0.4 is 0 Å². The molecular weight excluding hydrogens is 300 g/mol. The van der Waals surface area contributed by atoms with Crippen LogP contribution in [0.15, 0.2) is 0 Å². The van der Waals surface area contributed by atoms with E-state index in [0.717, 1.165) is 34.6 Å². The number of alkyl halides is 1. The lowest BCUT2D eigenvalue weighted by Crippen LogP contribution is -2.25. The molecule has 1 unspecified atom stereocenters. The monoisotopic (exact) mass is 320 g/mol. The Morgan fingerprint density at radius 3 is 2.35 bits per heavy atom. The van der Waals surface area contributed by atoms with Gasteiger partial charge in [0.05, 0.1) is 16.4 Å². The van der Waals surface area contributed by atoms with Gasteiger partial charge >= 0.3 is 0 Å². The first-order valence-electron chi connectivity index (χ1n) is 6.07. The SMILES string of the molecule is CCc1nn(C)c(CC(CBr)C(C)(C)C)c1Cl. The molecule has 1 aromatic rings. The van der Waals surface area contributed by atoms with Crippen LogP contribution in [-0.4, -0.2) is 15.1 Å². The van der Waals surface area contributed by atoms with Crippen molar-refractivity contribution >= 4 is 27.5 Å². The summed E-state index contributed by atoms with van der Waals surface area (Å²) in [7, 11) is 1.98. The van der Waals surface area contributed by atoms with Gasteiger partial charge < -0.3 is 0 Å². The van der Waals surface area contributed by atoms with Gasteiger partial charge in [0.1, 0.15) is 0 Å². The average molecular weight is 322 g/mol. The quantitative estimate of drug-likeness (QED) is 0.759. The smallest absolute Gasteiger partial charge is 0.0849 e. The van der Waals surface area contributed by atoms with Crippen molar-refractivity contribution in [2.75, 3.05) is 5.33 Å². The van der Waals surface area contributed by atoms with Crippen molar-refractivity contribution in [2.45, 2.75) is 40.5 Å². The molecule has 0 aliphatic rings. The first kappa shape index (κ1) is 15.0. The van der Waals surface area contributed by atoms with Crippen molar-refractivity contribution in [1.82, 2.24) is 9.78 Å². The third-order valence-corrected chi connectivity index (χ3v) is 4.57. The molecule has 0 amide bonds. The Labute approximate surface area is 118 Å². The molecule has 1 rings (SSSR count). The second-order valence-corrected chi connectivity index (χ2v) is 6.63. The standard InChI is InChI=1S/C13H22BrClN2/c1-6-10-12(15)11(17(5)16-10)7-9(8-14)13(2,3)4/h9H,6-8H2,1-5H3. The highest BCUT2D eigenvalue weighted by Gasteiger charge is 2.26. The first-order valence-corrected chi connectivity index (χ1v) is 7.57. The summed E-state index contributed by atoms with van der Waals surface area (Å²) in [4.78, 5) is 0. The molecule has 2 nitrogen and oxygen atoms in total. The summed E-state index contributed by atoms with van der Waals surface area (Å²) in [5.74, 6) is 0.556. The zero-order valence-electron chi connectivity index (χ0n) is 11.3. The third kappa shape index (κ3) is 3.47. The molecule has 1 heterocycles. The Kier molecular flexibility index (Phi) is 5.08. The van der Waals surface area contributed by atoms with Crippen LogP contribution in [0.4, 0.5) is 0 Å². The summed E-state index contributed by atoms with van der Waals surface area (Å²) in [5.41, 5.74) is 2.43. The summed E-state index contributed by atoms with van der Waals surface area (Å²) in [6, 6.07) is 0. The van der Waals surface area contributed by atoms with Gasteiger partial charge in [0, 0.05) is 12.4 Å². The first-order chi connectivity index (χ1) is 7.81. The maximum Gasteiger partial charge on any atom is 0.0849 e. The van der Waals surface area contributed by atoms with E-state index in [0.29, 0.717) is 5.92 Å². The van der Waals surface area contributed by atoms with E-state index in [1.54, 1.807) is 0 Å². The van der Waals surface area contributed by atoms with E-state index in [1.165, 1.54) is 0 Å². The summed E-state index contributed by atoms with van der Waals surface area (Å²) in [5, 5.41) is 6.31. The zero-order valence-corrected chi connectivity index (χ0v) is 13.7. The maximum atomic E-state index is 6.38. The van der Waals surface area contributed by atoms with E-state index < -0.39 is 0 Å². The zero-order chi connectivity index (χ0) is 13.2. The fourth-order valence-electron chi connectivity index (χ4n) is 1.87. The van der Waals surface area contributed by atoms with E-state index in [-0.39, 0.29) is 5.41 Å². The van der Waals surface area contributed by atoms with Crippen LogP contribution in [0.25, 0.3) is 0 Å². The molecule has 0 spiro atoms. The average Bonchev–Trinajstić information content (AvgIpc) is 2.49. The van der Waals surface area contributed by atoms with Gasteiger partial charge in [-0.25, -0.2) is 0 Å². The molecule has 4 heteroatoms. The van der Waals surface area contributed by atoms with Crippen molar-refractivity contribution in [3.8, 4) is 0 Å². The van der Waals surface area contributed by atoms with Crippen molar-refractivity contribution in [3.05, 3.63) is 16.4 Å². The molecule has 0 saturated carbocycles. The second kappa shape index (κ2) is 5.75. The lowest BCUT2D eigenvalue weighted by molar-refractivity contribution is 0.263. The van der Waals surface area contributed by atoms with Gasteiger partial charge in [-0.1, -0.05) is 55.2 Å². The Balaban J connectivity index is 2.98. The van der Waals surface area contributed by atoms with E-state index in [4.69, 9.17) is 11.6 Å². The van der Waals surface area contributed by atoms with Crippen LogP contribution in [0.5, 0.6) is 0 Å². The molecule has 0 aliphatic carbocycles. The molecule has 0 aliphatic heterocycles. The maximum absolute atomic E-state index is 6.38. The number of aromatic nitrogens is 2. The van der Waals surface area contributed by atoms with E-state index in [2.05, 4.69) is 48.7 Å². The largest absolute Gasteiger partial charge is 0.271 e. The summed E-state index contributed by atoms with van der Waals surface area (Å²) in [6.45, 7) is 8.89. The minimum Gasteiger partial charge on any atom is -0.271 e. The Hall–Kier alpha value is -0.0200. The van der Waals surface area contributed by atoms with Crippen molar-refractivity contribution in [3.63, 3.8) is 0 Å². The van der Waals surface area contributed by atoms with Gasteiger partial charge in [0.25, 0.3) is 0 Å². The third-order valence-electron chi connectivity index (χ3n) is 3.35. The number of halogens is 2. The van der Waals surface area contributed by atoms with Crippen LogP contribution in [0.2, 0.25) is 5.02 Å². The van der Waals surface area contributed by atoms with Crippen molar-refractivity contribution < 1.29 is 0 Å². The minimum atomic E-state index is 0.267. The lowest BCUT2D eigenvalue weighted by atomic mass is 9.79. The van der Waals surface area contributed by atoms with Gasteiger partial charge in [-0.2, -0.15) is 5.10 Å². The predicted octanol–water partition coefficient (Wildman–Crippen LogP) is 4.24. The van der Waals surface area contributed by atoms with Gasteiger partial charge in [-0.05, 0) is 24.2 Å². The Morgan fingerprint density at radius 1 is 1.41 bits per heavy atom. The molecule has 98 valence electrons. The number of aryl methyl sites for hydroxylation is 2. The summed E-state index contributed by atoms with van der Waals surface area (Å²) < 4.78 is 1.93. The Morgan fingerprint density at radius 2 is 2.00 bits per heavy atom. The van der Waals surface area contributed by atoms with Crippen molar-refractivity contribution in [2.24, 2.45) is 18.4 Å². The van der Waals surface area contributed by atoms with Gasteiger partial charge in [0.2, 0.25) is 0 Å². The molecule has 0 fully saturated rings. The molecular formula is C13H22BrClN2. The molecule has 0 aromatic carbocycles. The van der Waals surface area contributed by atoms with E-state index in [1.807, 2.05) is 11.7 Å². The summed E-state index contributed by atoms with van der Waals surface area (Å²) in [6.07, 6.45) is 1.86. The highest BCUT2D eigenvalue weighted by Crippen LogP contribution is 2.33. The van der Waals surface area contributed by atoms with E-state index in [9.17, 15) is 0 Å². The van der Waals surface area contributed by atoms with Crippen LogP contribution in [0.1, 0.15) is 39.1 Å². The fourth-order valence-corrected chi connectivity index (χ4v) is 3.44. The van der Waals surface area contributed by atoms with E-state index >= 15 is 0 Å². The molecule has 1 aromatic heterocycles. The van der Waals surface area contributed by atoms with Gasteiger partial charge in [-0.3, -0.25) is 4.68 Å². The second-order valence-electron chi connectivity index (χ2n) is 5.61. The lowest BCUT2D eigenvalue weighted by Gasteiger charge is -2.29. The highest BCUT2D eigenvalue weighted by atomic mass is 79.9. The number of hydrogen-bond acceptors (Lipinski definition) is 1. The molecule has 0 N–H and O–H groups in total. The molecule has 17 heavy (non-hydrogen) atoms. The normalized spacial score (nSPS) is 14.1. The number of hydrogen-bond donors (Lipinski definition) is 0. The summed E-state index contributed by atoms with van der Waals surface area (Å²) >= 11 is 9.99. The minimum absolute atomic E-state index is 0.267. The Bertz CT molecular complexity index is 380. The molecule has 0 radical (unpaired) electrons. The van der Waals surface area contributed by atoms with Gasteiger partial charge in [0.15, 0.2) is 0 Å². The van der Waals surface area contributed by atoms with Gasteiger partial charge in [-0.15, -0.1) is 0 Å². The topological polar surface area (TPSA) is 17.8 Å². The van der Waals surface area contributed by atoms with Crippen LogP contribution in [-0.2, 0) is 19.9 Å². The van der Waals surface area contributed by atoms with Crippen molar-refractivity contribution in [1.29, 1.82) is 0 Å². The van der Waals surface area contributed by atoms with Crippen LogP contribution in [0.3, 0.4) is 0 Å². The molecule has 0 bridgehead atoms. The highest BCUT2D eigenvalue weighted by molar-refractivity contribution is 9.09.